The quantitative estimate of drug-likeness (QED) is 0.116. The van der Waals surface area contributed by atoms with Crippen LogP contribution in [-0.2, 0) is 32.9 Å². The van der Waals surface area contributed by atoms with E-state index in [-0.39, 0.29) is 30.3 Å². The fourth-order valence-electron chi connectivity index (χ4n) is 3.51. The number of nitrogen functional groups attached to an aromatic ring is 1. The molecule has 1 saturated heterocycles. The van der Waals surface area contributed by atoms with Gasteiger partial charge in [0.2, 0.25) is 11.6 Å². The molecule has 0 radical (unpaired) electrons. The van der Waals surface area contributed by atoms with E-state index in [1.807, 2.05) is 5.92 Å². The Morgan fingerprint density at radius 2 is 1.95 bits per heavy atom. The fourth-order valence-corrected chi connectivity index (χ4v) is 4.84. The molecule has 2 aromatic rings. The van der Waals surface area contributed by atoms with Crippen molar-refractivity contribution in [2.45, 2.75) is 38.0 Å². The second-order valence-electron chi connectivity index (χ2n) is 7.79. The first-order valence-electron chi connectivity index (χ1n) is 11.3. The normalized spacial score (nSPS) is 23.3. The first-order valence-corrected chi connectivity index (χ1v) is 12.9. The second-order valence-corrected chi connectivity index (χ2v) is 9.78. The minimum absolute atomic E-state index is 0.0609. The molecule has 0 amide bonds. The summed E-state index contributed by atoms with van der Waals surface area (Å²) in [5, 5.41) is 15.3. The SMILES string of the molecule is C#C[C@]1(F)C(O)[C@@H](COP(=O)(NCC(=O)OCC)NCC(=O)OCC)OC1n1cnc2c(=O)[nH]c(N)nc21. The van der Waals surface area contributed by atoms with Gasteiger partial charge in [-0.15, -0.1) is 6.42 Å². The maximum absolute atomic E-state index is 15.9. The number of rotatable bonds is 12. The van der Waals surface area contributed by atoms with Gasteiger partial charge in [-0.2, -0.15) is 4.98 Å². The minimum Gasteiger partial charge on any atom is -0.465 e. The van der Waals surface area contributed by atoms with Gasteiger partial charge in [0.25, 0.3) is 5.56 Å². The third kappa shape index (κ3) is 6.18. The topological polar surface area (TPSA) is 222 Å². The number of nitrogens with zero attached hydrogens (tertiary/aromatic N) is 3. The highest BCUT2D eigenvalue weighted by molar-refractivity contribution is 7.54. The zero-order valence-corrected chi connectivity index (χ0v) is 21.3. The molecular weight excluding hydrogens is 532 g/mol. The third-order valence-electron chi connectivity index (χ3n) is 5.26. The van der Waals surface area contributed by atoms with E-state index in [0.717, 1.165) is 10.9 Å². The van der Waals surface area contributed by atoms with Gasteiger partial charge in [0.15, 0.2) is 17.4 Å². The highest BCUT2D eigenvalue weighted by Gasteiger charge is 2.58. The number of aromatic nitrogens is 4. The molecule has 16 nitrogen and oxygen atoms in total. The summed E-state index contributed by atoms with van der Waals surface area (Å²) < 4.78 is 50.6. The third-order valence-corrected chi connectivity index (χ3v) is 6.93. The van der Waals surface area contributed by atoms with E-state index in [1.165, 1.54) is 0 Å². The van der Waals surface area contributed by atoms with Crippen molar-refractivity contribution in [2.24, 2.45) is 0 Å². The number of terminal acetylenes is 1. The van der Waals surface area contributed by atoms with Gasteiger partial charge in [-0.3, -0.25) is 28.5 Å². The van der Waals surface area contributed by atoms with Crippen LogP contribution in [-0.4, -0.2) is 87.4 Å². The van der Waals surface area contributed by atoms with Crippen molar-refractivity contribution < 1.29 is 42.4 Å². The smallest absolute Gasteiger partial charge is 0.341 e. The maximum atomic E-state index is 15.9. The molecule has 2 aromatic heterocycles. The highest BCUT2D eigenvalue weighted by atomic mass is 31.2. The van der Waals surface area contributed by atoms with Gasteiger partial charge in [-0.05, 0) is 13.8 Å². The van der Waals surface area contributed by atoms with Gasteiger partial charge in [-0.1, -0.05) is 5.92 Å². The van der Waals surface area contributed by atoms with Crippen molar-refractivity contribution >= 4 is 36.7 Å². The number of aliphatic hydroxyl groups excluding tert-OH is 1. The summed E-state index contributed by atoms with van der Waals surface area (Å²) in [5.41, 5.74) is 1.65. The molecule has 208 valence electrons. The molecule has 3 rings (SSSR count). The number of aliphatic hydroxyl groups is 1. The minimum atomic E-state index is -4.20. The standard InChI is InChI=1S/C20H27FN7O9P/c1-4-20(21)15(31)11(37-18(20)28-10-23-14-16(28)26-19(22)27-17(14)32)9-36-38(33,24-7-12(29)34-5-2)25-8-13(30)35-6-3/h1,10-11,15,18,31H,5-9H2,2-3H3,(H2,24,25,33)(H3,22,26,27,32)/t11-,15?,18?,20+/m1/s1. The summed E-state index contributed by atoms with van der Waals surface area (Å²) >= 11 is 0. The van der Waals surface area contributed by atoms with Crippen LogP contribution in [0.5, 0.6) is 0 Å². The number of fused-ring (bicyclic) bond motifs is 1. The highest BCUT2D eigenvalue weighted by Crippen LogP contribution is 2.44. The van der Waals surface area contributed by atoms with Gasteiger partial charge in [0.05, 0.1) is 26.1 Å². The van der Waals surface area contributed by atoms with E-state index < -0.39 is 69.0 Å². The predicted molar refractivity (Wildman–Crippen MR) is 128 cm³/mol. The van der Waals surface area contributed by atoms with Crippen molar-refractivity contribution in [3.05, 3.63) is 16.7 Å². The molecule has 1 aliphatic heterocycles. The number of H-pyrrole nitrogens is 1. The number of imidazole rings is 1. The van der Waals surface area contributed by atoms with Crippen molar-refractivity contribution in [2.75, 3.05) is 38.6 Å². The zero-order valence-electron chi connectivity index (χ0n) is 20.4. The lowest BCUT2D eigenvalue weighted by Gasteiger charge is -2.24. The average Bonchev–Trinajstić information content (AvgIpc) is 3.40. The van der Waals surface area contributed by atoms with Crippen molar-refractivity contribution in [3.63, 3.8) is 0 Å². The lowest BCUT2D eigenvalue weighted by Crippen LogP contribution is -2.42. The molecular formula is C20H27FN7O9P. The van der Waals surface area contributed by atoms with Crippen LogP contribution < -0.4 is 21.5 Å². The molecule has 0 spiro atoms. The summed E-state index contributed by atoms with van der Waals surface area (Å²) in [4.78, 5) is 45.6. The van der Waals surface area contributed by atoms with Gasteiger partial charge in [-0.25, -0.2) is 19.5 Å². The molecule has 0 aromatic carbocycles. The van der Waals surface area contributed by atoms with Gasteiger partial charge in [0.1, 0.15) is 25.3 Å². The molecule has 0 saturated carbocycles. The van der Waals surface area contributed by atoms with Crippen LogP contribution in [0.15, 0.2) is 11.1 Å². The first-order chi connectivity index (χ1) is 18.0. The fraction of sp³-hybridized carbons (Fsp3) is 0.550. The van der Waals surface area contributed by atoms with Crippen LogP contribution in [0.4, 0.5) is 10.3 Å². The van der Waals surface area contributed by atoms with Crippen molar-refractivity contribution in [1.82, 2.24) is 29.7 Å². The Balaban J connectivity index is 1.82. The predicted octanol–water partition coefficient (Wildman–Crippen LogP) is -1.27. The Morgan fingerprint density at radius 1 is 1.34 bits per heavy atom. The van der Waals surface area contributed by atoms with E-state index >= 15 is 4.39 Å². The van der Waals surface area contributed by atoms with E-state index in [2.05, 4.69) is 25.1 Å². The molecule has 18 heteroatoms. The molecule has 0 aliphatic carbocycles. The number of nitrogens with one attached hydrogen (secondary N) is 3. The van der Waals surface area contributed by atoms with Crippen LogP contribution in [0.3, 0.4) is 0 Å². The number of halogens is 1. The van der Waals surface area contributed by atoms with E-state index in [1.54, 1.807) is 13.8 Å². The summed E-state index contributed by atoms with van der Waals surface area (Å²) in [6.07, 6.45) is 1.15. The lowest BCUT2D eigenvalue weighted by molar-refractivity contribution is -0.142. The average molecular weight is 559 g/mol. The number of anilines is 1. The molecule has 0 bridgehead atoms. The zero-order chi connectivity index (χ0) is 28.1. The number of hydrogen-bond donors (Lipinski definition) is 5. The number of esters is 2. The molecule has 1 aliphatic rings. The van der Waals surface area contributed by atoms with Gasteiger partial charge in [0, 0.05) is 0 Å². The Kier molecular flexibility index (Phi) is 9.20. The van der Waals surface area contributed by atoms with E-state index in [9.17, 15) is 24.1 Å². The summed E-state index contributed by atoms with van der Waals surface area (Å²) in [6.45, 7) is 1.39. The number of carbonyl (C=O) groups excluding carboxylic acids is 2. The number of alkyl halides is 1. The summed E-state index contributed by atoms with van der Waals surface area (Å²) in [6, 6.07) is 0. The number of aromatic amines is 1. The number of hydrogen-bond acceptors (Lipinski definition) is 12. The molecule has 3 heterocycles. The molecule has 4 atom stereocenters. The molecule has 38 heavy (non-hydrogen) atoms. The number of carbonyl (C=O) groups is 2. The number of nitrogens with two attached hydrogens (primary N) is 1. The van der Waals surface area contributed by atoms with E-state index in [0.29, 0.717) is 0 Å². The second kappa shape index (κ2) is 12.0. The Morgan fingerprint density at radius 3 is 2.50 bits per heavy atom. The van der Waals surface area contributed by atoms with Crippen molar-refractivity contribution in [3.8, 4) is 12.3 Å². The van der Waals surface area contributed by atoms with Crippen LogP contribution >= 0.6 is 7.67 Å². The van der Waals surface area contributed by atoms with Crippen LogP contribution in [0.1, 0.15) is 20.1 Å². The van der Waals surface area contributed by atoms with Gasteiger partial charge < -0.3 is 29.6 Å². The molecule has 2 unspecified atom stereocenters. The Bertz CT molecular complexity index is 1300. The van der Waals surface area contributed by atoms with Gasteiger partial charge >= 0.3 is 19.6 Å². The maximum Gasteiger partial charge on any atom is 0.341 e. The largest absolute Gasteiger partial charge is 0.465 e. The summed E-state index contributed by atoms with van der Waals surface area (Å²) in [7, 11) is -4.20. The first kappa shape index (κ1) is 29.2. The summed E-state index contributed by atoms with van der Waals surface area (Å²) in [5.74, 6) is 0.0246. The van der Waals surface area contributed by atoms with Crippen LogP contribution in [0, 0.1) is 12.3 Å². The molecule has 6 N–H and O–H groups in total. The van der Waals surface area contributed by atoms with Crippen molar-refractivity contribution in [1.29, 1.82) is 0 Å². The number of ether oxygens (including phenoxy) is 3. The molecule has 1 fully saturated rings. The van der Waals surface area contributed by atoms with E-state index in [4.69, 9.17) is 30.9 Å². The lowest BCUT2D eigenvalue weighted by atomic mass is 9.97. The van der Waals surface area contributed by atoms with Crippen LogP contribution in [0.2, 0.25) is 0 Å². The Labute approximate surface area is 214 Å². The monoisotopic (exact) mass is 559 g/mol. The Hall–Kier alpha value is -3.39. The van der Waals surface area contributed by atoms with Crippen LogP contribution in [0.25, 0.3) is 11.2 Å².